The molecule has 2 aliphatic carbocycles. The molecule has 0 aromatic heterocycles. The minimum Gasteiger partial charge on any atom is -0.456 e. The summed E-state index contributed by atoms with van der Waals surface area (Å²) in [6.07, 6.45) is 5.38. The first-order chi connectivity index (χ1) is 10.8. The van der Waals surface area contributed by atoms with Crippen molar-refractivity contribution >= 4 is 5.69 Å². The van der Waals surface area contributed by atoms with E-state index in [-0.39, 0.29) is 0 Å². The molecular weight excluding hydrogens is 270 g/mol. The molecule has 0 amide bonds. The molecule has 2 heteroatoms. The highest BCUT2D eigenvalue weighted by Crippen LogP contribution is 2.32. The number of terminal acetylenes is 1. The van der Waals surface area contributed by atoms with Crippen LogP contribution in [-0.2, 0) is 0 Å². The highest BCUT2D eigenvalue weighted by molar-refractivity contribution is 5.80. The van der Waals surface area contributed by atoms with Crippen LogP contribution in [0.5, 0.6) is 11.5 Å². The van der Waals surface area contributed by atoms with E-state index < -0.39 is 0 Å². The molecule has 0 aliphatic heterocycles. The normalized spacial score (nSPS) is 9.95. The van der Waals surface area contributed by atoms with Crippen LogP contribution in [-0.4, -0.2) is 0 Å². The van der Waals surface area contributed by atoms with Crippen LogP contribution in [0.25, 0.3) is 11.1 Å². The van der Waals surface area contributed by atoms with Gasteiger partial charge in [0.05, 0.1) is 5.56 Å². The molecule has 4 rings (SSSR count). The first-order valence-electron chi connectivity index (χ1n) is 6.96. The lowest BCUT2D eigenvalue weighted by Gasteiger charge is -2.07. The number of rotatable bonds is 2. The lowest BCUT2D eigenvalue weighted by atomic mass is 10.2. The summed E-state index contributed by atoms with van der Waals surface area (Å²) < 4.78 is 5.66. The van der Waals surface area contributed by atoms with E-state index in [2.05, 4.69) is 30.2 Å². The molecule has 0 radical (unpaired) electrons. The molecule has 0 saturated carbocycles. The smallest absolute Gasteiger partial charge is 0.143 e. The van der Waals surface area contributed by atoms with Crippen LogP contribution < -0.4 is 10.5 Å². The summed E-state index contributed by atoms with van der Waals surface area (Å²) in [4.78, 5) is 0. The monoisotopic (exact) mass is 285 g/mol. The van der Waals surface area contributed by atoms with Crippen molar-refractivity contribution in [3.05, 3.63) is 78.4 Å². The lowest BCUT2D eigenvalue weighted by molar-refractivity contribution is 0.481. The summed E-state index contributed by atoms with van der Waals surface area (Å²) in [7, 11) is 0. The Hall–Kier alpha value is -3.18. The van der Waals surface area contributed by atoms with Crippen LogP contribution in [0.1, 0.15) is 5.56 Å². The summed E-state index contributed by atoms with van der Waals surface area (Å²) >= 11 is 0. The number of benzene rings is 3. The highest BCUT2D eigenvalue weighted by atomic mass is 16.5. The molecule has 0 spiro atoms. The Kier molecular flexibility index (Phi) is 3.80. The third-order valence-electron chi connectivity index (χ3n) is 3.24. The lowest BCUT2D eigenvalue weighted by Crippen LogP contribution is -1.89. The van der Waals surface area contributed by atoms with Crippen molar-refractivity contribution in [3.63, 3.8) is 0 Å². The van der Waals surface area contributed by atoms with Crippen molar-refractivity contribution in [1.29, 1.82) is 0 Å². The van der Waals surface area contributed by atoms with Gasteiger partial charge in [-0.15, -0.1) is 6.42 Å². The third-order valence-corrected chi connectivity index (χ3v) is 3.24. The minimum absolute atomic E-state index is 0.663. The van der Waals surface area contributed by atoms with Gasteiger partial charge in [0, 0.05) is 11.8 Å². The van der Waals surface area contributed by atoms with Gasteiger partial charge in [0.1, 0.15) is 11.5 Å². The fraction of sp³-hybridized carbons (Fsp3) is 0. The molecule has 22 heavy (non-hydrogen) atoms. The minimum atomic E-state index is 0.663. The quantitative estimate of drug-likeness (QED) is 0.427. The van der Waals surface area contributed by atoms with E-state index in [1.165, 1.54) is 11.1 Å². The summed E-state index contributed by atoms with van der Waals surface area (Å²) in [6.45, 7) is 0. The Labute approximate surface area is 130 Å². The van der Waals surface area contributed by atoms with Crippen molar-refractivity contribution in [2.45, 2.75) is 0 Å². The average molecular weight is 285 g/mol. The maximum Gasteiger partial charge on any atom is 0.143 e. The van der Waals surface area contributed by atoms with E-state index in [0.29, 0.717) is 17.2 Å². The van der Waals surface area contributed by atoms with Gasteiger partial charge in [-0.05, 0) is 41.5 Å². The third kappa shape index (κ3) is 3.28. The molecule has 0 heterocycles. The van der Waals surface area contributed by atoms with Crippen molar-refractivity contribution < 1.29 is 4.74 Å². The highest BCUT2D eigenvalue weighted by Gasteiger charge is 2.07. The average Bonchev–Trinajstić information content (AvgIpc) is 3.14. The van der Waals surface area contributed by atoms with Crippen LogP contribution >= 0.6 is 0 Å². The van der Waals surface area contributed by atoms with Gasteiger partial charge in [0.2, 0.25) is 0 Å². The van der Waals surface area contributed by atoms with E-state index in [9.17, 15) is 0 Å². The van der Waals surface area contributed by atoms with Crippen molar-refractivity contribution in [1.82, 2.24) is 0 Å². The number of hydrogen-bond acceptors (Lipinski definition) is 2. The van der Waals surface area contributed by atoms with Gasteiger partial charge in [0.15, 0.2) is 0 Å². The molecule has 2 nitrogen and oxygen atoms in total. The summed E-state index contributed by atoms with van der Waals surface area (Å²) in [5, 5.41) is 0. The van der Waals surface area contributed by atoms with Gasteiger partial charge in [-0.2, -0.15) is 0 Å². The van der Waals surface area contributed by atoms with Gasteiger partial charge in [-0.3, -0.25) is 0 Å². The Balaban J connectivity index is 0.000000196. The summed E-state index contributed by atoms with van der Waals surface area (Å²) in [5.41, 5.74) is 9.90. The Morgan fingerprint density at radius 3 is 2.14 bits per heavy atom. The fourth-order valence-corrected chi connectivity index (χ4v) is 2.06. The molecule has 2 aromatic rings. The van der Waals surface area contributed by atoms with Crippen LogP contribution in [0.15, 0.2) is 72.8 Å². The van der Waals surface area contributed by atoms with E-state index in [0.717, 1.165) is 5.56 Å². The molecule has 0 saturated heterocycles. The van der Waals surface area contributed by atoms with Crippen LogP contribution in [0.4, 0.5) is 5.69 Å². The molecule has 0 atom stereocenters. The number of ether oxygens (including phenoxy) is 1. The molecular formula is C20H15NO. The van der Waals surface area contributed by atoms with E-state index in [1.54, 1.807) is 12.1 Å². The van der Waals surface area contributed by atoms with Crippen LogP contribution in [0.3, 0.4) is 0 Å². The second-order valence-corrected chi connectivity index (χ2v) is 4.90. The maximum atomic E-state index is 5.66. The van der Waals surface area contributed by atoms with Crippen molar-refractivity contribution in [2.75, 3.05) is 5.73 Å². The van der Waals surface area contributed by atoms with Crippen LogP contribution in [0, 0.1) is 12.3 Å². The van der Waals surface area contributed by atoms with Gasteiger partial charge in [-0.1, -0.05) is 42.3 Å². The maximum absolute atomic E-state index is 5.66. The second-order valence-electron chi connectivity index (χ2n) is 4.90. The zero-order valence-corrected chi connectivity index (χ0v) is 12.0. The SMILES string of the molecule is C#Cc1ccccc1Oc1cccc(N)c1.c1cc2cc-2c1. The number of para-hydroxylation sites is 1. The summed E-state index contributed by atoms with van der Waals surface area (Å²) in [6, 6.07) is 23.1. The fourth-order valence-electron chi connectivity index (χ4n) is 2.06. The molecule has 0 unspecified atom stereocenters. The number of fused-ring (bicyclic) bond motifs is 1. The number of anilines is 1. The van der Waals surface area contributed by atoms with Crippen LogP contribution in [0.2, 0.25) is 0 Å². The summed E-state index contributed by atoms with van der Waals surface area (Å²) in [5.74, 6) is 3.92. The Morgan fingerprint density at radius 1 is 0.818 bits per heavy atom. The molecule has 2 N–H and O–H groups in total. The van der Waals surface area contributed by atoms with Gasteiger partial charge < -0.3 is 10.5 Å². The van der Waals surface area contributed by atoms with Gasteiger partial charge in [0.25, 0.3) is 0 Å². The largest absolute Gasteiger partial charge is 0.456 e. The number of nitrogen functional groups attached to an aromatic ring is 1. The van der Waals surface area contributed by atoms with Gasteiger partial charge in [-0.25, -0.2) is 0 Å². The molecule has 106 valence electrons. The number of nitrogens with two attached hydrogens (primary N) is 1. The van der Waals surface area contributed by atoms with E-state index in [4.69, 9.17) is 16.9 Å². The first-order valence-corrected chi connectivity index (χ1v) is 6.96. The molecule has 2 aromatic carbocycles. The van der Waals surface area contributed by atoms with Crippen molar-refractivity contribution in [3.8, 4) is 35.0 Å². The Bertz CT molecular complexity index is 829. The first kappa shape index (κ1) is 13.8. The van der Waals surface area contributed by atoms with E-state index in [1.807, 2.05) is 36.4 Å². The zero-order chi connectivity index (χ0) is 15.4. The Morgan fingerprint density at radius 2 is 1.55 bits per heavy atom. The molecule has 2 aliphatic rings. The number of hydrogen-bond donors (Lipinski definition) is 1. The van der Waals surface area contributed by atoms with Gasteiger partial charge >= 0.3 is 0 Å². The second kappa shape index (κ2) is 6.07. The zero-order valence-electron chi connectivity index (χ0n) is 12.0. The standard InChI is InChI=1S/C14H11NO.C6H4/c1-2-11-6-3-4-9-14(11)16-13-8-5-7-12(15)10-13;1-2-5-4-6(5)3-1/h1,3-10H,15H2;1-4H. The predicted octanol–water partition coefficient (Wildman–Crippen LogP) is 4.71. The van der Waals surface area contributed by atoms with E-state index >= 15 is 0 Å². The molecule has 0 fully saturated rings. The molecule has 0 bridgehead atoms. The topological polar surface area (TPSA) is 35.2 Å². The van der Waals surface area contributed by atoms with Crippen molar-refractivity contribution in [2.24, 2.45) is 0 Å². The predicted molar refractivity (Wildman–Crippen MR) is 90.7 cm³/mol.